The van der Waals surface area contributed by atoms with E-state index in [1.165, 1.54) is 18.4 Å². The standard InChI is InChI=1S/C18H17N3O5S2/c1-3-26-14(22)8-11-9-27-17(19-11)21-18-20-16(24)13(28-18)7-10-5-4-6-12(25-2)15(10)23/h4-7,9,23H,3,8H2,1-2H3,(H,19,20,21,24)/b13-7-. The third kappa shape index (κ3) is 4.70. The first kappa shape index (κ1) is 19.9. The van der Waals surface area contributed by atoms with Gasteiger partial charge in [0.05, 0.1) is 30.7 Å². The number of ether oxygens (including phenoxy) is 2. The number of aliphatic imine (C=N–C) groups is 1. The number of hydrogen-bond donors (Lipinski definition) is 2. The topological polar surface area (TPSA) is 110 Å². The van der Waals surface area contributed by atoms with E-state index in [2.05, 4.69) is 15.3 Å². The molecule has 3 rings (SSSR count). The van der Waals surface area contributed by atoms with Crippen LogP contribution < -0.4 is 10.1 Å². The molecular weight excluding hydrogens is 402 g/mol. The van der Waals surface area contributed by atoms with Crippen molar-refractivity contribution in [2.75, 3.05) is 13.7 Å². The molecule has 1 aliphatic rings. The smallest absolute Gasteiger partial charge is 0.311 e. The van der Waals surface area contributed by atoms with E-state index >= 15 is 0 Å². The summed E-state index contributed by atoms with van der Waals surface area (Å²) in [6, 6.07) is 5.02. The van der Waals surface area contributed by atoms with Crippen LogP contribution in [0.15, 0.2) is 33.5 Å². The third-order valence-electron chi connectivity index (χ3n) is 3.56. The van der Waals surface area contributed by atoms with Crippen LogP contribution in [0.25, 0.3) is 6.08 Å². The zero-order chi connectivity index (χ0) is 20.1. The highest BCUT2D eigenvalue weighted by molar-refractivity contribution is 8.18. The number of nitrogens with one attached hydrogen (secondary N) is 1. The normalized spacial score (nSPS) is 16.4. The molecule has 10 heteroatoms. The lowest BCUT2D eigenvalue weighted by Crippen LogP contribution is -2.19. The Morgan fingerprint density at radius 3 is 3.00 bits per heavy atom. The largest absolute Gasteiger partial charge is 0.504 e. The van der Waals surface area contributed by atoms with Gasteiger partial charge in [-0.15, -0.1) is 11.3 Å². The number of para-hydroxylation sites is 1. The summed E-state index contributed by atoms with van der Waals surface area (Å²) < 4.78 is 9.96. The van der Waals surface area contributed by atoms with E-state index in [-0.39, 0.29) is 24.0 Å². The molecule has 0 bridgehead atoms. The Hall–Kier alpha value is -2.85. The molecule has 0 unspecified atom stereocenters. The van der Waals surface area contributed by atoms with Crippen molar-refractivity contribution in [2.45, 2.75) is 13.3 Å². The number of carbonyl (C=O) groups excluding carboxylic acids is 2. The molecule has 146 valence electrons. The van der Waals surface area contributed by atoms with Crippen molar-refractivity contribution >= 4 is 51.4 Å². The Morgan fingerprint density at radius 1 is 1.43 bits per heavy atom. The average molecular weight is 419 g/mol. The predicted molar refractivity (Wildman–Crippen MR) is 108 cm³/mol. The van der Waals surface area contributed by atoms with E-state index in [4.69, 9.17) is 9.47 Å². The number of thiazole rings is 1. The number of esters is 1. The molecule has 1 aromatic heterocycles. The summed E-state index contributed by atoms with van der Waals surface area (Å²) in [5, 5.41) is 15.3. The fourth-order valence-corrected chi connectivity index (χ4v) is 3.88. The quantitative estimate of drug-likeness (QED) is 0.547. The van der Waals surface area contributed by atoms with Crippen molar-refractivity contribution < 1.29 is 24.2 Å². The number of rotatable bonds is 6. The minimum atomic E-state index is -0.348. The van der Waals surface area contributed by atoms with E-state index in [1.54, 1.807) is 36.6 Å². The maximum absolute atomic E-state index is 12.2. The zero-order valence-electron chi connectivity index (χ0n) is 15.1. The molecule has 0 radical (unpaired) electrons. The summed E-state index contributed by atoms with van der Waals surface area (Å²) >= 11 is 2.40. The van der Waals surface area contributed by atoms with Gasteiger partial charge in [-0.25, -0.2) is 4.98 Å². The molecular formula is C18H17N3O5S2. The highest BCUT2D eigenvalue weighted by Crippen LogP contribution is 2.34. The van der Waals surface area contributed by atoms with Crippen LogP contribution in [0.3, 0.4) is 0 Å². The van der Waals surface area contributed by atoms with Gasteiger partial charge in [0.2, 0.25) is 5.13 Å². The van der Waals surface area contributed by atoms with Gasteiger partial charge in [0.25, 0.3) is 5.91 Å². The SMILES string of the molecule is CCOC(=O)Cc1csc(N=C2NC(=O)/C(=C/c3cccc(OC)c3O)S2)n1. The number of phenols is 1. The zero-order valence-corrected chi connectivity index (χ0v) is 16.7. The molecule has 1 aliphatic heterocycles. The highest BCUT2D eigenvalue weighted by Gasteiger charge is 2.25. The lowest BCUT2D eigenvalue weighted by molar-refractivity contribution is -0.142. The van der Waals surface area contributed by atoms with Crippen LogP contribution in [0.5, 0.6) is 11.5 Å². The van der Waals surface area contributed by atoms with Gasteiger partial charge in [-0.1, -0.05) is 12.1 Å². The van der Waals surface area contributed by atoms with Crippen molar-refractivity contribution in [1.82, 2.24) is 10.3 Å². The maximum Gasteiger partial charge on any atom is 0.311 e. The first-order valence-corrected chi connectivity index (χ1v) is 9.95. The molecule has 2 aromatic rings. The number of thioether (sulfide) groups is 1. The Kier molecular flexibility index (Phi) is 6.32. The second-order valence-electron chi connectivity index (χ2n) is 5.48. The Bertz CT molecular complexity index is 968. The number of benzene rings is 1. The fourth-order valence-electron chi connectivity index (χ4n) is 2.32. The van der Waals surface area contributed by atoms with Crippen LogP contribution >= 0.6 is 23.1 Å². The van der Waals surface area contributed by atoms with Crippen LogP contribution in [0.1, 0.15) is 18.2 Å². The Balaban J connectivity index is 1.74. The summed E-state index contributed by atoms with van der Waals surface area (Å²) in [5.74, 6) is -0.392. The van der Waals surface area contributed by atoms with E-state index in [9.17, 15) is 14.7 Å². The Labute approximate surface area is 169 Å². The first-order chi connectivity index (χ1) is 13.5. The monoisotopic (exact) mass is 419 g/mol. The van der Waals surface area contributed by atoms with Gasteiger partial charge in [-0.3, -0.25) is 9.59 Å². The van der Waals surface area contributed by atoms with Crippen LogP contribution in [-0.4, -0.2) is 40.9 Å². The van der Waals surface area contributed by atoms with Gasteiger partial charge >= 0.3 is 5.97 Å². The number of amidine groups is 1. The lowest BCUT2D eigenvalue weighted by Gasteiger charge is -2.05. The van der Waals surface area contributed by atoms with Crippen LogP contribution in [-0.2, 0) is 20.7 Å². The second kappa shape index (κ2) is 8.89. The summed E-state index contributed by atoms with van der Waals surface area (Å²) in [6.45, 7) is 2.06. The number of hydrogen-bond acceptors (Lipinski definition) is 9. The number of aromatic hydroxyl groups is 1. The number of nitrogens with zero attached hydrogens (tertiary/aromatic N) is 2. The van der Waals surface area contributed by atoms with Crippen molar-refractivity contribution in [3.63, 3.8) is 0 Å². The van der Waals surface area contributed by atoms with E-state index < -0.39 is 0 Å². The van der Waals surface area contributed by atoms with Crippen molar-refractivity contribution in [3.8, 4) is 11.5 Å². The highest BCUT2D eigenvalue weighted by atomic mass is 32.2. The fraction of sp³-hybridized carbons (Fsp3) is 0.222. The number of amides is 1. The molecule has 8 nitrogen and oxygen atoms in total. The molecule has 1 fully saturated rings. The molecule has 0 aliphatic carbocycles. The molecule has 28 heavy (non-hydrogen) atoms. The van der Waals surface area contributed by atoms with Crippen LogP contribution in [0.4, 0.5) is 5.13 Å². The number of carbonyl (C=O) groups is 2. The van der Waals surface area contributed by atoms with Crippen molar-refractivity contribution in [3.05, 3.63) is 39.7 Å². The minimum Gasteiger partial charge on any atom is -0.504 e. The lowest BCUT2D eigenvalue weighted by atomic mass is 10.1. The second-order valence-corrected chi connectivity index (χ2v) is 7.35. The Morgan fingerprint density at radius 2 is 2.25 bits per heavy atom. The molecule has 1 saturated heterocycles. The van der Waals surface area contributed by atoms with Crippen molar-refractivity contribution in [1.29, 1.82) is 0 Å². The molecule has 1 aromatic carbocycles. The summed E-state index contributed by atoms with van der Waals surface area (Å²) in [4.78, 5) is 32.6. The van der Waals surface area contributed by atoms with Gasteiger partial charge < -0.3 is 19.9 Å². The maximum atomic E-state index is 12.2. The van der Waals surface area contributed by atoms with Crippen LogP contribution in [0, 0.1) is 0 Å². The average Bonchev–Trinajstić information content (AvgIpc) is 3.23. The minimum absolute atomic E-state index is 0.0418. The van der Waals surface area contributed by atoms with Gasteiger partial charge in [0, 0.05) is 10.9 Å². The van der Waals surface area contributed by atoms with Crippen LogP contribution in [0.2, 0.25) is 0 Å². The summed E-state index contributed by atoms with van der Waals surface area (Å²) in [6.07, 6.45) is 1.64. The van der Waals surface area contributed by atoms with Gasteiger partial charge in [-0.2, -0.15) is 4.99 Å². The number of methoxy groups -OCH3 is 1. The summed E-state index contributed by atoms with van der Waals surface area (Å²) in [5.41, 5.74) is 1.03. The molecule has 2 heterocycles. The number of aromatic nitrogens is 1. The molecule has 0 spiro atoms. The van der Waals surface area contributed by atoms with Gasteiger partial charge in [0.15, 0.2) is 16.7 Å². The van der Waals surface area contributed by atoms with E-state index in [0.717, 1.165) is 11.8 Å². The molecule has 0 saturated carbocycles. The van der Waals surface area contributed by atoms with E-state index in [1.807, 2.05) is 0 Å². The third-order valence-corrected chi connectivity index (χ3v) is 5.25. The molecule has 0 atom stereocenters. The van der Waals surface area contributed by atoms with Crippen molar-refractivity contribution in [2.24, 2.45) is 4.99 Å². The van der Waals surface area contributed by atoms with Gasteiger partial charge in [-0.05, 0) is 30.8 Å². The van der Waals surface area contributed by atoms with E-state index in [0.29, 0.717) is 38.8 Å². The summed E-state index contributed by atoms with van der Waals surface area (Å²) in [7, 11) is 1.46. The molecule has 2 N–H and O–H groups in total. The number of phenolic OH excluding ortho intramolecular Hbond substituents is 1. The molecule has 1 amide bonds. The predicted octanol–water partition coefficient (Wildman–Crippen LogP) is 2.85. The first-order valence-electron chi connectivity index (χ1n) is 8.25. The van der Waals surface area contributed by atoms with Gasteiger partial charge in [0.1, 0.15) is 0 Å².